The fourth-order valence-corrected chi connectivity index (χ4v) is 3.23. The SMILES string of the molecule is O=C(CCN1CCN(Cc2ccccc2)CC1)Nc1ccc(Cl)cc1F. The smallest absolute Gasteiger partial charge is 0.225 e. The Labute approximate surface area is 158 Å². The number of halogens is 2. The van der Waals surface area contributed by atoms with Crippen LogP contribution in [0.25, 0.3) is 0 Å². The van der Waals surface area contributed by atoms with Gasteiger partial charge in [-0.25, -0.2) is 4.39 Å². The van der Waals surface area contributed by atoms with Crippen molar-refractivity contribution in [3.63, 3.8) is 0 Å². The fraction of sp³-hybridized carbons (Fsp3) is 0.350. The molecule has 3 rings (SSSR count). The van der Waals surface area contributed by atoms with Crippen LogP contribution >= 0.6 is 11.6 Å². The van der Waals surface area contributed by atoms with E-state index in [1.54, 1.807) is 6.07 Å². The summed E-state index contributed by atoms with van der Waals surface area (Å²) < 4.78 is 13.7. The van der Waals surface area contributed by atoms with Crippen LogP contribution in [0, 0.1) is 5.82 Å². The zero-order valence-electron chi connectivity index (χ0n) is 14.6. The number of nitrogens with zero attached hydrogens (tertiary/aromatic N) is 2. The molecule has 1 fully saturated rings. The first-order valence-corrected chi connectivity index (χ1v) is 9.21. The summed E-state index contributed by atoms with van der Waals surface area (Å²) in [6.45, 7) is 5.50. The highest BCUT2D eigenvalue weighted by molar-refractivity contribution is 6.30. The van der Waals surface area contributed by atoms with Crippen LogP contribution in [0.5, 0.6) is 0 Å². The Bertz CT molecular complexity index is 733. The molecule has 4 nitrogen and oxygen atoms in total. The standard InChI is InChI=1S/C20H23ClFN3O/c21-17-6-7-19(18(22)14-17)23-20(26)8-9-24-10-12-25(13-11-24)15-16-4-2-1-3-5-16/h1-7,14H,8-13,15H2,(H,23,26). The summed E-state index contributed by atoms with van der Waals surface area (Å²) >= 11 is 5.72. The lowest BCUT2D eigenvalue weighted by Crippen LogP contribution is -2.46. The van der Waals surface area contributed by atoms with Gasteiger partial charge in [-0.3, -0.25) is 9.69 Å². The first-order chi connectivity index (χ1) is 12.6. The van der Waals surface area contributed by atoms with Crippen molar-refractivity contribution in [2.45, 2.75) is 13.0 Å². The molecule has 0 aliphatic carbocycles. The van der Waals surface area contributed by atoms with E-state index in [4.69, 9.17) is 11.6 Å². The molecule has 1 amide bonds. The van der Waals surface area contributed by atoms with Crippen LogP contribution in [0.4, 0.5) is 10.1 Å². The maximum Gasteiger partial charge on any atom is 0.225 e. The van der Waals surface area contributed by atoms with E-state index in [1.807, 2.05) is 6.07 Å². The maximum absolute atomic E-state index is 13.7. The molecule has 0 saturated carbocycles. The number of hydrogen-bond acceptors (Lipinski definition) is 3. The molecule has 1 aliphatic heterocycles. The van der Waals surface area contributed by atoms with Crippen molar-refractivity contribution >= 4 is 23.2 Å². The van der Waals surface area contributed by atoms with E-state index in [0.717, 1.165) is 32.7 Å². The van der Waals surface area contributed by atoms with E-state index in [9.17, 15) is 9.18 Å². The fourth-order valence-electron chi connectivity index (χ4n) is 3.08. The van der Waals surface area contributed by atoms with Gasteiger partial charge in [-0.15, -0.1) is 0 Å². The molecule has 0 unspecified atom stereocenters. The van der Waals surface area contributed by atoms with Crippen LogP contribution < -0.4 is 5.32 Å². The molecule has 2 aromatic carbocycles. The van der Waals surface area contributed by atoms with Crippen LogP contribution in [0.15, 0.2) is 48.5 Å². The Morgan fingerprint density at radius 1 is 1.04 bits per heavy atom. The van der Waals surface area contributed by atoms with Gasteiger partial charge in [0.2, 0.25) is 5.91 Å². The van der Waals surface area contributed by atoms with Crippen LogP contribution in [0.2, 0.25) is 5.02 Å². The van der Waals surface area contributed by atoms with Crippen molar-refractivity contribution in [3.05, 3.63) is 64.9 Å². The van der Waals surface area contributed by atoms with E-state index >= 15 is 0 Å². The van der Waals surface area contributed by atoms with E-state index in [-0.39, 0.29) is 11.6 Å². The highest BCUT2D eigenvalue weighted by Gasteiger charge is 2.18. The van der Waals surface area contributed by atoms with Crippen molar-refractivity contribution in [2.75, 3.05) is 38.0 Å². The third-order valence-corrected chi connectivity index (χ3v) is 4.81. The molecule has 0 bridgehead atoms. The molecule has 0 aromatic heterocycles. The Balaban J connectivity index is 1.38. The number of anilines is 1. The van der Waals surface area contributed by atoms with Gasteiger partial charge < -0.3 is 10.2 Å². The summed E-state index contributed by atoms with van der Waals surface area (Å²) in [6, 6.07) is 14.7. The summed E-state index contributed by atoms with van der Waals surface area (Å²) in [5, 5.41) is 2.92. The second kappa shape index (κ2) is 9.12. The highest BCUT2D eigenvalue weighted by atomic mass is 35.5. The summed E-state index contributed by atoms with van der Waals surface area (Å²) in [7, 11) is 0. The number of carbonyl (C=O) groups excluding carboxylic acids is 1. The maximum atomic E-state index is 13.7. The summed E-state index contributed by atoms with van der Waals surface area (Å²) in [5.41, 5.74) is 1.50. The first-order valence-electron chi connectivity index (χ1n) is 8.84. The molecule has 0 spiro atoms. The first kappa shape index (κ1) is 18.8. The Hall–Kier alpha value is -1.95. The summed E-state index contributed by atoms with van der Waals surface area (Å²) in [4.78, 5) is 16.8. The van der Waals surface area contributed by atoms with Crippen LogP contribution in [0.3, 0.4) is 0 Å². The minimum Gasteiger partial charge on any atom is -0.324 e. The lowest BCUT2D eigenvalue weighted by molar-refractivity contribution is -0.116. The van der Waals surface area contributed by atoms with Gasteiger partial charge >= 0.3 is 0 Å². The van der Waals surface area contributed by atoms with E-state index in [2.05, 4.69) is 39.4 Å². The average Bonchev–Trinajstić information content (AvgIpc) is 2.64. The van der Waals surface area contributed by atoms with Crippen molar-refractivity contribution in [1.82, 2.24) is 9.80 Å². The van der Waals surface area contributed by atoms with Crippen molar-refractivity contribution in [3.8, 4) is 0 Å². The van der Waals surface area contributed by atoms with Crippen molar-refractivity contribution < 1.29 is 9.18 Å². The van der Waals surface area contributed by atoms with Crippen molar-refractivity contribution in [1.29, 1.82) is 0 Å². The summed E-state index contributed by atoms with van der Waals surface area (Å²) in [6.07, 6.45) is 0.348. The number of amides is 1. The zero-order chi connectivity index (χ0) is 18.4. The predicted molar refractivity (Wildman–Crippen MR) is 103 cm³/mol. The normalized spacial score (nSPS) is 15.8. The van der Waals surface area contributed by atoms with Gasteiger partial charge in [0.1, 0.15) is 5.82 Å². The second-order valence-electron chi connectivity index (χ2n) is 6.53. The molecule has 6 heteroatoms. The minimum absolute atomic E-state index is 0.173. The number of nitrogens with one attached hydrogen (secondary N) is 1. The summed E-state index contributed by atoms with van der Waals surface area (Å²) in [5.74, 6) is -0.696. The second-order valence-corrected chi connectivity index (χ2v) is 6.96. The van der Waals surface area contributed by atoms with Crippen LogP contribution in [-0.4, -0.2) is 48.4 Å². The predicted octanol–water partition coefficient (Wildman–Crippen LogP) is 3.63. The molecule has 0 atom stereocenters. The molecular formula is C20H23ClFN3O. The topological polar surface area (TPSA) is 35.6 Å². The minimum atomic E-state index is -0.514. The quantitative estimate of drug-likeness (QED) is 0.837. The van der Waals surface area contributed by atoms with Gasteiger partial charge in [0.15, 0.2) is 0 Å². The molecular weight excluding hydrogens is 353 g/mol. The number of rotatable bonds is 6. The Morgan fingerprint density at radius 2 is 1.73 bits per heavy atom. The molecule has 1 saturated heterocycles. The number of piperazine rings is 1. The van der Waals surface area contributed by atoms with Gasteiger partial charge in [-0.2, -0.15) is 0 Å². The number of hydrogen-bond donors (Lipinski definition) is 1. The monoisotopic (exact) mass is 375 g/mol. The largest absolute Gasteiger partial charge is 0.324 e. The molecule has 138 valence electrons. The zero-order valence-corrected chi connectivity index (χ0v) is 15.4. The average molecular weight is 376 g/mol. The molecule has 0 radical (unpaired) electrons. The van der Waals surface area contributed by atoms with Crippen LogP contribution in [-0.2, 0) is 11.3 Å². The van der Waals surface area contributed by atoms with E-state index in [1.165, 1.54) is 17.7 Å². The van der Waals surface area contributed by atoms with Gasteiger partial charge in [-0.05, 0) is 23.8 Å². The lowest BCUT2D eigenvalue weighted by atomic mass is 10.2. The molecule has 1 heterocycles. The molecule has 2 aromatic rings. The number of carbonyl (C=O) groups is 1. The lowest BCUT2D eigenvalue weighted by Gasteiger charge is -2.34. The molecule has 1 N–H and O–H groups in total. The molecule has 26 heavy (non-hydrogen) atoms. The Kier molecular flexibility index (Phi) is 6.61. The van der Waals surface area contributed by atoms with E-state index < -0.39 is 5.82 Å². The van der Waals surface area contributed by atoms with Gasteiger partial charge in [0.05, 0.1) is 5.69 Å². The van der Waals surface area contributed by atoms with Crippen LogP contribution in [0.1, 0.15) is 12.0 Å². The molecule has 1 aliphatic rings. The number of benzene rings is 2. The van der Waals surface area contributed by atoms with Gasteiger partial charge in [0.25, 0.3) is 0 Å². The highest BCUT2D eigenvalue weighted by Crippen LogP contribution is 2.19. The third kappa shape index (κ3) is 5.53. The van der Waals surface area contributed by atoms with Gasteiger partial charge in [0, 0.05) is 50.7 Å². The third-order valence-electron chi connectivity index (χ3n) is 4.57. The van der Waals surface area contributed by atoms with E-state index in [0.29, 0.717) is 18.0 Å². The Morgan fingerprint density at radius 3 is 2.42 bits per heavy atom. The van der Waals surface area contributed by atoms with Crippen molar-refractivity contribution in [2.24, 2.45) is 0 Å². The van der Waals surface area contributed by atoms with Gasteiger partial charge in [-0.1, -0.05) is 41.9 Å².